The number of H-pyrrole nitrogens is 1. The second-order valence-corrected chi connectivity index (χ2v) is 10.1. The Balaban J connectivity index is 2.07. The van der Waals surface area contributed by atoms with E-state index >= 15 is 0 Å². The number of hydrogen-bond donors (Lipinski definition) is 1. The van der Waals surface area contributed by atoms with Crippen LogP contribution in [0.3, 0.4) is 0 Å². The maximum atomic E-state index is 3.79. The van der Waals surface area contributed by atoms with Gasteiger partial charge < -0.3 is 4.98 Å². The predicted octanol–water partition coefficient (Wildman–Crippen LogP) is 7.80. The summed E-state index contributed by atoms with van der Waals surface area (Å²) in [6.45, 7) is 13.9. The molecule has 0 radical (unpaired) electrons. The van der Waals surface area contributed by atoms with E-state index in [9.17, 15) is 0 Å². The largest absolute Gasteiger partial charge is 0.361 e. The summed E-state index contributed by atoms with van der Waals surface area (Å²) in [5.74, 6) is 0.277. The molecule has 1 atom stereocenters. The lowest BCUT2D eigenvalue weighted by Crippen LogP contribution is -2.21. The molecule has 1 unspecified atom stereocenters. The van der Waals surface area contributed by atoms with Gasteiger partial charge in [-0.05, 0) is 50.7 Å². The molecule has 0 spiro atoms. The highest BCUT2D eigenvalue weighted by Crippen LogP contribution is 2.46. The maximum Gasteiger partial charge on any atom is 0.0301 e. The van der Waals surface area contributed by atoms with Crippen LogP contribution in [0.25, 0.3) is 21.5 Å². The predicted molar refractivity (Wildman–Crippen MR) is 122 cm³/mol. The van der Waals surface area contributed by atoms with E-state index in [0.717, 1.165) is 0 Å². The first-order chi connectivity index (χ1) is 13.2. The summed E-state index contributed by atoms with van der Waals surface area (Å²) in [6, 6.07) is 24.5. The minimum absolute atomic E-state index is 0.0763. The molecule has 0 fully saturated rings. The van der Waals surface area contributed by atoms with E-state index in [1.807, 2.05) is 0 Å². The van der Waals surface area contributed by atoms with E-state index in [1.165, 1.54) is 38.5 Å². The van der Waals surface area contributed by atoms with Crippen LogP contribution in [0.2, 0.25) is 0 Å². The molecule has 4 aromatic rings. The molecule has 144 valence electrons. The summed E-state index contributed by atoms with van der Waals surface area (Å²) in [7, 11) is 0. The molecule has 0 saturated carbocycles. The summed E-state index contributed by atoms with van der Waals surface area (Å²) >= 11 is 0. The van der Waals surface area contributed by atoms with Crippen LogP contribution in [0.5, 0.6) is 0 Å². The van der Waals surface area contributed by atoms with Crippen molar-refractivity contribution in [1.29, 1.82) is 0 Å². The highest BCUT2D eigenvalue weighted by Gasteiger charge is 2.32. The lowest BCUT2D eigenvalue weighted by atomic mass is 9.72. The fourth-order valence-electron chi connectivity index (χ4n) is 4.43. The molecular weight excluding hydrogens is 338 g/mol. The van der Waals surface area contributed by atoms with Crippen LogP contribution in [0.15, 0.2) is 66.7 Å². The van der Waals surface area contributed by atoms with Crippen LogP contribution < -0.4 is 0 Å². The van der Waals surface area contributed by atoms with Gasteiger partial charge in [-0.1, -0.05) is 90.1 Å². The van der Waals surface area contributed by atoms with Gasteiger partial charge in [0.15, 0.2) is 0 Å². The number of fused-ring (bicyclic) bond motifs is 2. The average molecular weight is 370 g/mol. The minimum atomic E-state index is 0.0763. The summed E-state index contributed by atoms with van der Waals surface area (Å²) in [5.41, 5.74) is 4.22. The molecule has 1 heterocycles. The van der Waals surface area contributed by atoms with Crippen LogP contribution >= 0.6 is 0 Å². The zero-order valence-corrected chi connectivity index (χ0v) is 17.9. The number of nitrogens with one attached hydrogen (secondary N) is 1. The highest BCUT2D eigenvalue weighted by atomic mass is 14.8. The molecule has 1 heteroatoms. The third kappa shape index (κ3) is 3.24. The Kier molecular flexibility index (Phi) is 4.38. The van der Waals surface area contributed by atoms with E-state index in [1.54, 1.807) is 0 Å². The molecule has 1 N–H and O–H groups in total. The second-order valence-electron chi connectivity index (χ2n) is 10.1. The van der Waals surface area contributed by atoms with E-state index in [-0.39, 0.29) is 16.7 Å². The Morgan fingerprint density at radius 2 is 1.21 bits per heavy atom. The molecule has 1 aromatic heterocycles. The molecular formula is C27H31N. The van der Waals surface area contributed by atoms with Gasteiger partial charge in [0, 0.05) is 22.7 Å². The van der Waals surface area contributed by atoms with E-state index in [0.29, 0.717) is 0 Å². The van der Waals surface area contributed by atoms with E-state index in [4.69, 9.17) is 0 Å². The molecule has 0 aliphatic heterocycles. The van der Waals surface area contributed by atoms with Crippen molar-refractivity contribution in [2.45, 2.75) is 52.9 Å². The van der Waals surface area contributed by atoms with Crippen molar-refractivity contribution in [3.63, 3.8) is 0 Å². The molecule has 0 aliphatic rings. The molecule has 0 amide bonds. The average Bonchev–Trinajstić information content (AvgIpc) is 3.10. The van der Waals surface area contributed by atoms with Crippen molar-refractivity contribution in [2.24, 2.45) is 5.41 Å². The lowest BCUT2D eigenvalue weighted by Gasteiger charge is -2.33. The monoisotopic (exact) mass is 369 g/mol. The van der Waals surface area contributed by atoms with Gasteiger partial charge in [-0.2, -0.15) is 0 Å². The summed E-state index contributed by atoms with van der Waals surface area (Å²) in [5, 5.41) is 5.34. The smallest absolute Gasteiger partial charge is 0.0301 e. The minimum Gasteiger partial charge on any atom is -0.361 e. The van der Waals surface area contributed by atoms with Gasteiger partial charge in [0.2, 0.25) is 0 Å². The first kappa shape index (κ1) is 18.8. The number of rotatable bonds is 2. The van der Waals surface area contributed by atoms with E-state index < -0.39 is 0 Å². The first-order valence-corrected chi connectivity index (χ1v) is 10.3. The third-order valence-electron chi connectivity index (χ3n) is 5.80. The number of aromatic amines is 1. The topological polar surface area (TPSA) is 15.8 Å². The first-order valence-electron chi connectivity index (χ1n) is 10.3. The van der Waals surface area contributed by atoms with Crippen molar-refractivity contribution >= 4 is 21.5 Å². The SMILES string of the molecule is CC(C)(C)c1ccc(C(c2c3ccccc3cc3ccccc23)C(C)(C)C)[nH]1. The Bertz CT molecular complexity index is 1080. The molecule has 3 aromatic carbocycles. The van der Waals surface area contributed by atoms with Crippen molar-refractivity contribution in [2.75, 3.05) is 0 Å². The summed E-state index contributed by atoms with van der Waals surface area (Å²) < 4.78 is 0. The molecule has 0 bridgehead atoms. The second kappa shape index (κ2) is 6.51. The van der Waals surface area contributed by atoms with Gasteiger partial charge in [-0.15, -0.1) is 0 Å². The Morgan fingerprint density at radius 1 is 0.679 bits per heavy atom. The van der Waals surface area contributed by atoms with Crippen molar-refractivity contribution in [1.82, 2.24) is 4.98 Å². The third-order valence-corrected chi connectivity index (χ3v) is 5.80. The standard InChI is InChI=1S/C27H31N/c1-26(2,3)23-16-15-22(28-23)25(27(4,5)6)24-20-13-9-7-11-18(20)17-19-12-8-10-14-21(19)24/h7-17,25,28H,1-6H3. The molecule has 0 saturated heterocycles. The van der Waals surface area contributed by atoms with Gasteiger partial charge in [-0.25, -0.2) is 0 Å². The van der Waals surface area contributed by atoms with Crippen LogP contribution in [0.1, 0.15) is 64.4 Å². The van der Waals surface area contributed by atoms with Crippen molar-refractivity contribution in [3.05, 3.63) is 83.7 Å². The highest BCUT2D eigenvalue weighted by molar-refractivity contribution is 6.03. The zero-order valence-electron chi connectivity index (χ0n) is 17.9. The zero-order chi connectivity index (χ0) is 20.1. The maximum absolute atomic E-state index is 3.79. The molecule has 28 heavy (non-hydrogen) atoms. The summed E-state index contributed by atoms with van der Waals surface area (Å²) in [4.78, 5) is 3.79. The number of benzene rings is 3. The quantitative estimate of drug-likeness (QED) is 0.347. The van der Waals surface area contributed by atoms with Crippen LogP contribution in [0.4, 0.5) is 0 Å². The van der Waals surface area contributed by atoms with Gasteiger partial charge >= 0.3 is 0 Å². The number of hydrogen-bond acceptors (Lipinski definition) is 0. The number of aromatic nitrogens is 1. The lowest BCUT2D eigenvalue weighted by molar-refractivity contribution is 0.356. The molecule has 0 aliphatic carbocycles. The normalized spacial score (nSPS) is 13.9. The van der Waals surface area contributed by atoms with Crippen LogP contribution in [-0.4, -0.2) is 4.98 Å². The molecule has 4 rings (SSSR count). The Hall–Kier alpha value is -2.54. The Morgan fingerprint density at radius 3 is 1.68 bits per heavy atom. The van der Waals surface area contributed by atoms with E-state index in [2.05, 4.69) is 113 Å². The van der Waals surface area contributed by atoms with Crippen molar-refractivity contribution < 1.29 is 0 Å². The van der Waals surface area contributed by atoms with Gasteiger partial charge in [0.1, 0.15) is 0 Å². The molecule has 1 nitrogen and oxygen atoms in total. The van der Waals surface area contributed by atoms with Gasteiger partial charge in [0.25, 0.3) is 0 Å². The van der Waals surface area contributed by atoms with Crippen LogP contribution in [-0.2, 0) is 5.41 Å². The van der Waals surface area contributed by atoms with Crippen molar-refractivity contribution in [3.8, 4) is 0 Å². The van der Waals surface area contributed by atoms with Crippen LogP contribution in [0, 0.1) is 5.41 Å². The fraction of sp³-hybridized carbons (Fsp3) is 0.333. The summed E-state index contributed by atoms with van der Waals surface area (Å²) in [6.07, 6.45) is 0. The van der Waals surface area contributed by atoms with Gasteiger partial charge in [0.05, 0.1) is 0 Å². The Labute approximate surface area is 168 Å². The fourth-order valence-corrected chi connectivity index (χ4v) is 4.43. The van der Waals surface area contributed by atoms with Gasteiger partial charge in [-0.3, -0.25) is 0 Å².